The largest absolute Gasteiger partial charge is 0.480 e. The van der Waals surface area contributed by atoms with Gasteiger partial charge in [-0.25, -0.2) is 0 Å². The third-order valence-electron chi connectivity index (χ3n) is 2.22. The van der Waals surface area contributed by atoms with Crippen LogP contribution in [0.2, 0.25) is 0 Å². The fraction of sp³-hybridized carbons (Fsp3) is 0.545. The molecule has 0 aliphatic heterocycles. The van der Waals surface area contributed by atoms with Crippen LogP contribution in [0, 0.1) is 5.92 Å². The van der Waals surface area contributed by atoms with Gasteiger partial charge in [0.25, 0.3) is 0 Å². The summed E-state index contributed by atoms with van der Waals surface area (Å²) in [5, 5.41) is 12.2. The van der Waals surface area contributed by atoms with Crippen LogP contribution in [-0.4, -0.2) is 17.1 Å². The summed E-state index contributed by atoms with van der Waals surface area (Å²) in [6, 6.07) is 1.52. The summed E-state index contributed by atoms with van der Waals surface area (Å²) in [4.78, 5) is 12.2. The summed E-state index contributed by atoms with van der Waals surface area (Å²) in [5.74, 6) is -0.418. The van der Waals surface area contributed by atoms with Crippen molar-refractivity contribution < 1.29 is 9.90 Å². The minimum absolute atomic E-state index is 0.366. The standard InChI is InChI=1S/C11H15Br2NO2S/c1-6(2)3-9(11(15)16)14-5-7-4-8(12)10(13)17-7/h4,6,9,14H,3,5H2,1-2H3,(H,15,16). The zero-order chi connectivity index (χ0) is 13.0. The Morgan fingerprint density at radius 3 is 2.59 bits per heavy atom. The maximum atomic E-state index is 11.1. The molecule has 96 valence electrons. The van der Waals surface area contributed by atoms with Gasteiger partial charge in [0.05, 0.1) is 3.79 Å². The number of aliphatic carboxylic acids is 1. The first-order chi connectivity index (χ1) is 7.90. The highest BCUT2D eigenvalue weighted by molar-refractivity contribution is 9.13. The van der Waals surface area contributed by atoms with E-state index in [9.17, 15) is 4.79 Å². The summed E-state index contributed by atoms with van der Waals surface area (Å²) in [6.45, 7) is 4.63. The Morgan fingerprint density at radius 2 is 2.18 bits per heavy atom. The molecule has 0 saturated carbocycles. The van der Waals surface area contributed by atoms with Gasteiger partial charge in [-0.2, -0.15) is 0 Å². The topological polar surface area (TPSA) is 49.3 Å². The van der Waals surface area contributed by atoms with Crippen LogP contribution in [0.25, 0.3) is 0 Å². The number of carboxylic acids is 1. The van der Waals surface area contributed by atoms with Crippen LogP contribution in [0.3, 0.4) is 0 Å². The predicted octanol–water partition coefficient (Wildman–Crippen LogP) is 3.86. The zero-order valence-corrected chi connectivity index (χ0v) is 13.7. The van der Waals surface area contributed by atoms with Crippen LogP contribution in [0.1, 0.15) is 25.1 Å². The van der Waals surface area contributed by atoms with Gasteiger partial charge in [0, 0.05) is 15.9 Å². The average Bonchev–Trinajstić information content (AvgIpc) is 2.52. The van der Waals surface area contributed by atoms with E-state index in [4.69, 9.17) is 5.11 Å². The van der Waals surface area contributed by atoms with E-state index in [0.29, 0.717) is 18.9 Å². The summed E-state index contributed by atoms with van der Waals surface area (Å²) in [7, 11) is 0. The second-order valence-electron chi connectivity index (χ2n) is 4.24. The average molecular weight is 385 g/mol. The van der Waals surface area contributed by atoms with E-state index in [1.165, 1.54) is 0 Å². The number of carbonyl (C=O) groups is 1. The second-order valence-corrected chi connectivity index (χ2v) is 7.54. The molecule has 1 unspecified atom stereocenters. The molecule has 0 amide bonds. The molecule has 0 fully saturated rings. The summed E-state index contributed by atoms with van der Waals surface area (Å²) < 4.78 is 2.04. The molecule has 1 atom stereocenters. The van der Waals surface area contributed by atoms with E-state index < -0.39 is 12.0 Å². The van der Waals surface area contributed by atoms with Crippen molar-refractivity contribution in [3.8, 4) is 0 Å². The van der Waals surface area contributed by atoms with E-state index in [1.54, 1.807) is 11.3 Å². The van der Waals surface area contributed by atoms with E-state index in [2.05, 4.69) is 37.2 Å². The highest BCUT2D eigenvalue weighted by atomic mass is 79.9. The van der Waals surface area contributed by atoms with Crippen LogP contribution in [-0.2, 0) is 11.3 Å². The third-order valence-corrected chi connectivity index (χ3v) is 5.48. The number of rotatable bonds is 6. The van der Waals surface area contributed by atoms with Crippen molar-refractivity contribution in [1.29, 1.82) is 0 Å². The normalized spacial score (nSPS) is 13.0. The molecule has 0 bridgehead atoms. The number of halogens is 2. The molecule has 0 aliphatic rings. The number of hydrogen-bond donors (Lipinski definition) is 2. The molecular formula is C11H15Br2NO2S. The quantitative estimate of drug-likeness (QED) is 0.782. The molecule has 0 saturated heterocycles. The summed E-state index contributed by atoms with van der Waals surface area (Å²) >= 11 is 8.43. The Bertz CT molecular complexity index is 373. The van der Waals surface area contributed by atoms with Crippen LogP contribution in [0.5, 0.6) is 0 Å². The first-order valence-electron chi connectivity index (χ1n) is 5.30. The number of carboxylic acid groups (broad SMARTS) is 1. The third kappa shape index (κ3) is 5.07. The van der Waals surface area contributed by atoms with Crippen molar-refractivity contribution in [3.63, 3.8) is 0 Å². The van der Waals surface area contributed by atoms with Gasteiger partial charge in [0.2, 0.25) is 0 Å². The van der Waals surface area contributed by atoms with Crippen molar-refractivity contribution in [3.05, 3.63) is 19.2 Å². The monoisotopic (exact) mass is 383 g/mol. The predicted molar refractivity (Wildman–Crippen MR) is 77.4 cm³/mol. The molecule has 2 N–H and O–H groups in total. The molecule has 6 heteroatoms. The lowest BCUT2D eigenvalue weighted by atomic mass is 10.0. The van der Waals surface area contributed by atoms with Crippen LogP contribution < -0.4 is 5.32 Å². The van der Waals surface area contributed by atoms with Gasteiger partial charge in [-0.1, -0.05) is 13.8 Å². The lowest BCUT2D eigenvalue weighted by molar-refractivity contribution is -0.139. The zero-order valence-electron chi connectivity index (χ0n) is 9.67. The maximum absolute atomic E-state index is 11.1. The van der Waals surface area contributed by atoms with E-state index in [-0.39, 0.29) is 0 Å². The minimum atomic E-state index is -0.784. The fourth-order valence-electron chi connectivity index (χ4n) is 1.45. The number of hydrogen-bond acceptors (Lipinski definition) is 3. The highest BCUT2D eigenvalue weighted by Crippen LogP contribution is 2.32. The van der Waals surface area contributed by atoms with Crippen molar-refractivity contribution in [1.82, 2.24) is 5.32 Å². The smallest absolute Gasteiger partial charge is 0.320 e. The molecule has 1 aromatic heterocycles. The van der Waals surface area contributed by atoms with E-state index in [0.717, 1.165) is 13.1 Å². The van der Waals surface area contributed by atoms with Gasteiger partial charge in [-0.3, -0.25) is 10.1 Å². The Labute approximate surface area is 122 Å². The van der Waals surface area contributed by atoms with Crippen molar-refractivity contribution in [2.24, 2.45) is 5.92 Å². The molecule has 0 radical (unpaired) electrons. The van der Waals surface area contributed by atoms with Crippen molar-refractivity contribution in [2.75, 3.05) is 0 Å². The van der Waals surface area contributed by atoms with Crippen LogP contribution in [0.15, 0.2) is 14.3 Å². The Hall–Kier alpha value is 0.0900. The van der Waals surface area contributed by atoms with Gasteiger partial charge < -0.3 is 5.11 Å². The van der Waals surface area contributed by atoms with Crippen LogP contribution >= 0.6 is 43.2 Å². The fourth-order valence-corrected chi connectivity index (χ4v) is 3.57. The Morgan fingerprint density at radius 1 is 1.53 bits per heavy atom. The summed E-state index contributed by atoms with van der Waals surface area (Å²) in [6.07, 6.45) is 0.642. The second kappa shape index (κ2) is 6.87. The first kappa shape index (κ1) is 15.1. The lowest BCUT2D eigenvalue weighted by Gasteiger charge is -2.15. The molecule has 1 aromatic rings. The molecule has 1 heterocycles. The molecule has 0 spiro atoms. The minimum Gasteiger partial charge on any atom is -0.480 e. The van der Waals surface area contributed by atoms with Crippen molar-refractivity contribution in [2.45, 2.75) is 32.9 Å². The number of nitrogens with one attached hydrogen (secondary N) is 1. The summed E-state index contributed by atoms with van der Waals surface area (Å²) in [5.41, 5.74) is 0. The van der Waals surface area contributed by atoms with Gasteiger partial charge in [0.1, 0.15) is 6.04 Å². The van der Waals surface area contributed by atoms with Crippen molar-refractivity contribution >= 4 is 49.2 Å². The lowest BCUT2D eigenvalue weighted by Crippen LogP contribution is -2.37. The first-order valence-corrected chi connectivity index (χ1v) is 7.70. The van der Waals surface area contributed by atoms with Gasteiger partial charge >= 0.3 is 5.97 Å². The van der Waals surface area contributed by atoms with Gasteiger partial charge in [-0.05, 0) is 50.3 Å². The van der Waals surface area contributed by atoms with E-state index >= 15 is 0 Å². The Balaban J connectivity index is 2.54. The van der Waals surface area contributed by atoms with Crippen LogP contribution in [0.4, 0.5) is 0 Å². The Kier molecular flexibility index (Phi) is 6.12. The molecule has 17 heavy (non-hydrogen) atoms. The molecule has 3 nitrogen and oxygen atoms in total. The SMILES string of the molecule is CC(C)CC(NCc1cc(Br)c(Br)s1)C(=O)O. The van der Waals surface area contributed by atoms with Gasteiger partial charge in [0.15, 0.2) is 0 Å². The highest BCUT2D eigenvalue weighted by Gasteiger charge is 2.18. The van der Waals surface area contributed by atoms with Gasteiger partial charge in [-0.15, -0.1) is 11.3 Å². The molecule has 0 aromatic carbocycles. The molecule has 1 rings (SSSR count). The molecule has 0 aliphatic carbocycles. The maximum Gasteiger partial charge on any atom is 0.320 e. The number of thiophene rings is 1. The molecular weight excluding hydrogens is 370 g/mol. The van der Waals surface area contributed by atoms with E-state index in [1.807, 2.05) is 19.9 Å².